The number of amides is 1. The van der Waals surface area contributed by atoms with Crippen LogP contribution in [-0.2, 0) is 13.5 Å². The van der Waals surface area contributed by atoms with E-state index in [1.54, 1.807) is 25.2 Å². The molecule has 1 atom stereocenters. The van der Waals surface area contributed by atoms with Crippen molar-refractivity contribution in [3.8, 4) is 17.3 Å². The Bertz CT molecular complexity index is 1690. The molecule has 6 rings (SSSR count). The zero-order valence-corrected chi connectivity index (χ0v) is 20.0. The predicted octanol–water partition coefficient (Wildman–Crippen LogP) is 3.55. The maximum Gasteiger partial charge on any atom is 0.297 e. The van der Waals surface area contributed by atoms with Crippen LogP contribution in [0.3, 0.4) is 0 Å². The van der Waals surface area contributed by atoms with Gasteiger partial charge < -0.3 is 20.2 Å². The largest absolute Gasteiger partial charge is 0.501 e. The van der Waals surface area contributed by atoms with E-state index in [9.17, 15) is 14.7 Å². The molecule has 3 heterocycles. The van der Waals surface area contributed by atoms with E-state index < -0.39 is 17.2 Å². The Morgan fingerprint density at radius 1 is 1.05 bits per heavy atom. The number of anilines is 1. The lowest BCUT2D eigenvalue weighted by Gasteiger charge is -2.39. The van der Waals surface area contributed by atoms with Crippen LogP contribution in [-0.4, -0.2) is 32.1 Å². The van der Waals surface area contributed by atoms with Gasteiger partial charge in [-0.3, -0.25) is 14.2 Å². The molecule has 0 radical (unpaired) electrons. The lowest BCUT2D eigenvalue weighted by molar-refractivity contribution is 0.1000. The first-order valence-electron chi connectivity index (χ1n) is 11.8. The molecule has 0 bridgehead atoms. The minimum atomic E-state index is -0.607. The number of nitrogens with zero attached hydrogens (tertiary/aromatic N) is 4. The first-order valence-corrected chi connectivity index (χ1v) is 11.8. The summed E-state index contributed by atoms with van der Waals surface area (Å²) >= 11 is 0. The second-order valence-corrected chi connectivity index (χ2v) is 8.99. The molecule has 9 heteroatoms. The van der Waals surface area contributed by atoms with Crippen LogP contribution < -0.4 is 16.2 Å². The number of oxazole rings is 1. The summed E-state index contributed by atoms with van der Waals surface area (Å²) in [5.41, 5.74) is 9.45. The summed E-state index contributed by atoms with van der Waals surface area (Å²) < 4.78 is 7.16. The van der Waals surface area contributed by atoms with Gasteiger partial charge >= 0.3 is 0 Å². The van der Waals surface area contributed by atoms with Gasteiger partial charge in [0.15, 0.2) is 11.3 Å². The summed E-state index contributed by atoms with van der Waals surface area (Å²) in [7, 11) is 1.58. The minimum absolute atomic E-state index is 0.0176. The molecule has 184 valence electrons. The first-order chi connectivity index (χ1) is 17.9. The van der Waals surface area contributed by atoms with Crippen LogP contribution in [0.1, 0.15) is 33.1 Å². The number of primary amides is 1. The number of benzene rings is 3. The van der Waals surface area contributed by atoms with Crippen molar-refractivity contribution in [3.63, 3.8) is 0 Å². The van der Waals surface area contributed by atoms with Crippen molar-refractivity contribution in [1.29, 1.82) is 0 Å². The number of carbonyl (C=O) groups excluding carboxylic acids is 1. The summed E-state index contributed by atoms with van der Waals surface area (Å²) in [5.74, 6) is -0.583. The van der Waals surface area contributed by atoms with Gasteiger partial charge in [-0.25, -0.2) is 9.97 Å². The highest BCUT2D eigenvalue weighted by atomic mass is 16.4. The van der Waals surface area contributed by atoms with E-state index in [2.05, 4.69) is 4.98 Å². The van der Waals surface area contributed by atoms with Crippen LogP contribution in [0.25, 0.3) is 22.7 Å². The van der Waals surface area contributed by atoms with Gasteiger partial charge in [0.2, 0.25) is 17.6 Å². The average Bonchev–Trinajstić information content (AvgIpc) is 3.35. The van der Waals surface area contributed by atoms with E-state index in [0.717, 1.165) is 16.7 Å². The minimum Gasteiger partial charge on any atom is -0.501 e. The van der Waals surface area contributed by atoms with Gasteiger partial charge in [0.05, 0.1) is 6.04 Å². The molecular weight excluding hydrogens is 470 g/mol. The fourth-order valence-electron chi connectivity index (χ4n) is 4.95. The SMILES string of the molecule is Cn1c(N2CCc3cc(C(N)=O)ccc3C2c2ccccc2)nc(-c2nc3ccccc3o2)c(O)c1=O. The van der Waals surface area contributed by atoms with E-state index in [-0.39, 0.29) is 17.6 Å². The third kappa shape index (κ3) is 3.72. The van der Waals surface area contributed by atoms with E-state index in [0.29, 0.717) is 35.6 Å². The maximum absolute atomic E-state index is 13.2. The van der Waals surface area contributed by atoms with E-state index >= 15 is 0 Å². The highest BCUT2D eigenvalue weighted by Gasteiger charge is 2.33. The highest BCUT2D eigenvalue weighted by molar-refractivity contribution is 5.93. The standard InChI is InChI=1S/C28H23N5O4/c1-32-27(36)24(34)22(26-30-20-9-5-6-10-21(20)37-26)31-28(32)33-14-13-17-15-18(25(29)35)11-12-19(17)23(33)16-7-3-2-4-8-16/h2-12,15,23,34H,13-14H2,1H3,(H2,29,35). The molecule has 1 amide bonds. The number of aromatic nitrogens is 3. The number of fused-ring (bicyclic) bond motifs is 2. The molecule has 9 nitrogen and oxygen atoms in total. The number of carbonyl (C=O) groups is 1. The topological polar surface area (TPSA) is 127 Å². The third-order valence-electron chi connectivity index (χ3n) is 6.77. The van der Waals surface area contributed by atoms with Crippen molar-refractivity contribution in [2.24, 2.45) is 12.8 Å². The molecule has 3 aromatic carbocycles. The molecule has 0 spiro atoms. The monoisotopic (exact) mass is 493 g/mol. The third-order valence-corrected chi connectivity index (χ3v) is 6.77. The number of aromatic hydroxyl groups is 1. The zero-order valence-electron chi connectivity index (χ0n) is 20.0. The van der Waals surface area contributed by atoms with Crippen LogP contribution in [0.15, 0.2) is 82.0 Å². The fraction of sp³-hybridized carbons (Fsp3) is 0.143. The quantitative estimate of drug-likeness (QED) is 0.392. The molecule has 0 saturated heterocycles. The van der Waals surface area contributed by atoms with E-state index in [1.807, 2.05) is 59.5 Å². The van der Waals surface area contributed by atoms with Gasteiger partial charge in [-0.05, 0) is 47.4 Å². The molecule has 37 heavy (non-hydrogen) atoms. The summed E-state index contributed by atoms with van der Waals surface area (Å²) in [4.78, 5) is 36.2. The second kappa shape index (κ2) is 8.63. The number of rotatable bonds is 4. The Morgan fingerprint density at radius 2 is 1.81 bits per heavy atom. The molecule has 1 aliphatic rings. The van der Waals surface area contributed by atoms with Crippen molar-refractivity contribution in [2.75, 3.05) is 11.4 Å². The summed E-state index contributed by atoms with van der Waals surface area (Å²) in [6, 6.07) is 22.2. The molecule has 2 aromatic heterocycles. The molecule has 1 aliphatic heterocycles. The van der Waals surface area contributed by atoms with Crippen LogP contribution in [0.2, 0.25) is 0 Å². The average molecular weight is 494 g/mol. The molecule has 1 unspecified atom stereocenters. The smallest absolute Gasteiger partial charge is 0.297 e. The predicted molar refractivity (Wildman–Crippen MR) is 138 cm³/mol. The van der Waals surface area contributed by atoms with Crippen molar-refractivity contribution in [3.05, 3.63) is 105 Å². The summed E-state index contributed by atoms with van der Waals surface area (Å²) in [5, 5.41) is 10.7. The Balaban J connectivity index is 1.54. The van der Waals surface area contributed by atoms with Crippen molar-refractivity contribution in [2.45, 2.75) is 12.5 Å². The molecule has 0 fully saturated rings. The first kappa shape index (κ1) is 22.5. The Hall–Kier alpha value is -4.92. The molecule has 3 N–H and O–H groups in total. The van der Waals surface area contributed by atoms with Crippen molar-refractivity contribution >= 4 is 23.0 Å². The molecule has 0 saturated carbocycles. The zero-order chi connectivity index (χ0) is 25.7. The number of para-hydroxylation sites is 2. The fourth-order valence-corrected chi connectivity index (χ4v) is 4.95. The van der Waals surface area contributed by atoms with Crippen LogP contribution >= 0.6 is 0 Å². The van der Waals surface area contributed by atoms with Crippen molar-refractivity contribution in [1.82, 2.24) is 14.5 Å². The van der Waals surface area contributed by atoms with E-state index in [4.69, 9.17) is 15.1 Å². The van der Waals surface area contributed by atoms with Crippen LogP contribution in [0, 0.1) is 0 Å². The molecule has 0 aliphatic carbocycles. The van der Waals surface area contributed by atoms with Crippen molar-refractivity contribution < 1.29 is 14.3 Å². The number of hydrogen-bond donors (Lipinski definition) is 2. The second-order valence-electron chi connectivity index (χ2n) is 8.99. The van der Waals surface area contributed by atoms with Gasteiger partial charge in [0, 0.05) is 19.2 Å². The molecule has 5 aromatic rings. The van der Waals surface area contributed by atoms with Gasteiger partial charge in [-0.2, -0.15) is 0 Å². The van der Waals surface area contributed by atoms with Crippen LogP contribution in [0.4, 0.5) is 5.95 Å². The van der Waals surface area contributed by atoms with Gasteiger partial charge in [-0.15, -0.1) is 0 Å². The summed E-state index contributed by atoms with van der Waals surface area (Å²) in [6.45, 7) is 0.507. The lowest BCUT2D eigenvalue weighted by Crippen LogP contribution is -2.40. The Labute approximate surface area is 211 Å². The normalized spacial score (nSPS) is 15.1. The maximum atomic E-state index is 13.2. The lowest BCUT2D eigenvalue weighted by atomic mass is 9.87. The molecular formula is C28H23N5O4. The number of nitrogens with two attached hydrogens (primary N) is 1. The van der Waals surface area contributed by atoms with Gasteiger partial charge in [-0.1, -0.05) is 48.5 Å². The van der Waals surface area contributed by atoms with Gasteiger partial charge in [0.25, 0.3) is 11.4 Å². The van der Waals surface area contributed by atoms with E-state index in [1.165, 1.54) is 4.57 Å². The Kier molecular flexibility index (Phi) is 5.26. The Morgan fingerprint density at radius 3 is 2.57 bits per heavy atom. The summed E-state index contributed by atoms with van der Waals surface area (Å²) in [6.07, 6.45) is 0.606. The number of hydrogen-bond acceptors (Lipinski definition) is 7. The van der Waals surface area contributed by atoms with Crippen LogP contribution in [0.5, 0.6) is 5.75 Å². The van der Waals surface area contributed by atoms with Gasteiger partial charge in [0.1, 0.15) is 5.52 Å². The highest BCUT2D eigenvalue weighted by Crippen LogP contribution is 2.39.